The van der Waals surface area contributed by atoms with Gasteiger partial charge in [-0.1, -0.05) is 17.7 Å². The van der Waals surface area contributed by atoms with E-state index in [0.717, 1.165) is 16.3 Å². The van der Waals surface area contributed by atoms with Crippen LogP contribution < -0.4 is 16.1 Å². The Kier molecular flexibility index (Phi) is 3.47. The maximum Gasteiger partial charge on any atom is 0.236 e. The van der Waals surface area contributed by atoms with Gasteiger partial charge in [0.15, 0.2) is 0 Å². The number of fused-ring (bicyclic) bond motifs is 1. The third kappa shape index (κ3) is 2.55. The van der Waals surface area contributed by atoms with Gasteiger partial charge in [-0.3, -0.25) is 5.43 Å². The number of hydrazine groups is 2. The van der Waals surface area contributed by atoms with Gasteiger partial charge in [-0.2, -0.15) is 5.17 Å². The molecule has 3 heterocycles. The topological polar surface area (TPSA) is 62.6 Å². The van der Waals surface area contributed by atoms with E-state index in [0.29, 0.717) is 16.6 Å². The number of aromatic nitrogens is 1. The normalized spacial score (nSPS) is 13.2. The second kappa shape index (κ2) is 5.62. The van der Waals surface area contributed by atoms with Crippen molar-refractivity contribution in [1.82, 2.24) is 10.5 Å². The molecule has 112 valence electrons. The molecule has 4 rings (SSSR count). The molecular formula is C14H11ClN4O2S. The van der Waals surface area contributed by atoms with Crippen molar-refractivity contribution in [2.24, 2.45) is 0 Å². The van der Waals surface area contributed by atoms with Gasteiger partial charge in [0, 0.05) is 5.02 Å². The zero-order chi connectivity index (χ0) is 14.9. The summed E-state index contributed by atoms with van der Waals surface area (Å²) in [6, 6.07) is 9.42. The molecule has 0 atom stereocenters. The van der Waals surface area contributed by atoms with Crippen LogP contribution in [-0.4, -0.2) is 4.98 Å². The number of rotatable bonds is 4. The standard InChI is InChI=1S/C14H11ClN4O2S/c15-9-3-4-11-12(6-9)19(18-17-11)21-8-10-7-20-14(16-10)13-2-1-5-22-13/h1-7,17-18H,8H2. The summed E-state index contributed by atoms with van der Waals surface area (Å²) in [6.45, 7) is 0.273. The lowest BCUT2D eigenvalue weighted by Gasteiger charge is -2.16. The van der Waals surface area contributed by atoms with Gasteiger partial charge < -0.3 is 4.42 Å². The Labute approximate surface area is 135 Å². The minimum atomic E-state index is 0.273. The molecule has 2 N–H and O–H groups in total. The number of benzene rings is 1. The number of nitrogens with one attached hydrogen (secondary N) is 2. The predicted molar refractivity (Wildman–Crippen MR) is 85.3 cm³/mol. The second-order valence-electron chi connectivity index (χ2n) is 4.59. The number of nitrogens with zero attached hydrogens (tertiary/aromatic N) is 2. The fourth-order valence-electron chi connectivity index (χ4n) is 2.07. The summed E-state index contributed by atoms with van der Waals surface area (Å²) < 4.78 is 5.46. The average molecular weight is 335 g/mol. The summed E-state index contributed by atoms with van der Waals surface area (Å²) in [5, 5.41) is 4.14. The maximum atomic E-state index is 6.00. The van der Waals surface area contributed by atoms with Crippen LogP contribution >= 0.6 is 22.9 Å². The molecule has 1 aliphatic heterocycles. The summed E-state index contributed by atoms with van der Waals surface area (Å²) in [6.07, 6.45) is 1.59. The number of hydrogen-bond acceptors (Lipinski definition) is 7. The number of oxazole rings is 1. The van der Waals surface area contributed by atoms with Crippen LogP contribution in [-0.2, 0) is 11.4 Å². The number of hydrogen-bond donors (Lipinski definition) is 2. The van der Waals surface area contributed by atoms with Crippen LogP contribution in [0, 0.1) is 0 Å². The number of halogens is 1. The molecule has 8 heteroatoms. The first-order valence-corrected chi connectivity index (χ1v) is 7.78. The molecule has 0 radical (unpaired) electrons. The van der Waals surface area contributed by atoms with Crippen molar-refractivity contribution in [3.8, 4) is 10.8 Å². The molecule has 1 aromatic carbocycles. The quantitative estimate of drug-likeness (QED) is 0.756. The molecule has 0 bridgehead atoms. The molecule has 0 saturated heterocycles. The first-order valence-electron chi connectivity index (χ1n) is 6.52. The molecule has 3 aromatic rings. The van der Waals surface area contributed by atoms with Crippen LogP contribution in [0.1, 0.15) is 5.69 Å². The minimum absolute atomic E-state index is 0.273. The monoisotopic (exact) mass is 334 g/mol. The van der Waals surface area contributed by atoms with Gasteiger partial charge >= 0.3 is 0 Å². The lowest BCUT2D eigenvalue weighted by Crippen LogP contribution is -2.35. The largest absolute Gasteiger partial charge is 0.443 e. The van der Waals surface area contributed by atoms with Gasteiger partial charge in [0.05, 0.1) is 10.6 Å². The highest BCUT2D eigenvalue weighted by Gasteiger charge is 2.20. The number of anilines is 2. The highest BCUT2D eigenvalue weighted by molar-refractivity contribution is 7.13. The van der Waals surface area contributed by atoms with Crippen LogP contribution in [0.3, 0.4) is 0 Å². The fourth-order valence-corrected chi connectivity index (χ4v) is 2.89. The molecular weight excluding hydrogens is 324 g/mol. The molecule has 2 aromatic heterocycles. The predicted octanol–water partition coefficient (Wildman–Crippen LogP) is 3.84. The van der Waals surface area contributed by atoms with Crippen molar-refractivity contribution in [3.63, 3.8) is 0 Å². The maximum absolute atomic E-state index is 6.00. The van der Waals surface area contributed by atoms with Gasteiger partial charge in [-0.15, -0.1) is 16.9 Å². The zero-order valence-electron chi connectivity index (χ0n) is 11.2. The van der Waals surface area contributed by atoms with Gasteiger partial charge in [0.25, 0.3) is 0 Å². The van der Waals surface area contributed by atoms with E-state index in [4.69, 9.17) is 20.9 Å². The molecule has 0 spiro atoms. The van der Waals surface area contributed by atoms with Crippen LogP contribution in [0.15, 0.2) is 46.4 Å². The Morgan fingerprint density at radius 3 is 3.18 bits per heavy atom. The highest BCUT2D eigenvalue weighted by atomic mass is 35.5. The van der Waals surface area contributed by atoms with E-state index in [1.165, 1.54) is 5.17 Å². The Bertz CT molecular complexity index is 790. The average Bonchev–Trinajstić information content (AvgIpc) is 3.25. The molecule has 0 saturated carbocycles. The first kappa shape index (κ1) is 13.6. The van der Waals surface area contributed by atoms with Crippen molar-refractivity contribution >= 4 is 34.3 Å². The smallest absolute Gasteiger partial charge is 0.236 e. The van der Waals surface area contributed by atoms with Gasteiger partial charge in [0.2, 0.25) is 5.89 Å². The number of thiophene rings is 1. The van der Waals surface area contributed by atoms with E-state index >= 15 is 0 Å². The van der Waals surface area contributed by atoms with Crippen molar-refractivity contribution in [3.05, 3.63) is 52.7 Å². The zero-order valence-corrected chi connectivity index (χ0v) is 12.8. The SMILES string of the molecule is Clc1ccc2c(c1)N(OCc1coc(-c3cccs3)n1)NN2. The third-order valence-electron chi connectivity index (χ3n) is 3.10. The second-order valence-corrected chi connectivity index (χ2v) is 5.97. The van der Waals surface area contributed by atoms with E-state index in [1.807, 2.05) is 35.7 Å². The summed E-state index contributed by atoms with van der Waals surface area (Å²) in [7, 11) is 0. The molecule has 0 unspecified atom stereocenters. The van der Waals surface area contributed by atoms with E-state index in [9.17, 15) is 0 Å². The third-order valence-corrected chi connectivity index (χ3v) is 4.19. The Balaban J connectivity index is 1.45. The van der Waals surface area contributed by atoms with E-state index in [2.05, 4.69) is 15.9 Å². The Hall–Kier alpha value is -2.06. The van der Waals surface area contributed by atoms with Gasteiger partial charge in [-0.05, 0) is 29.6 Å². The van der Waals surface area contributed by atoms with E-state index < -0.39 is 0 Å². The fraction of sp³-hybridized carbons (Fsp3) is 0.0714. The van der Waals surface area contributed by atoms with E-state index in [1.54, 1.807) is 17.6 Å². The summed E-state index contributed by atoms with van der Waals surface area (Å²) in [5.41, 5.74) is 8.31. The van der Waals surface area contributed by atoms with Crippen LogP contribution in [0.25, 0.3) is 10.8 Å². The van der Waals surface area contributed by atoms with Crippen LogP contribution in [0.2, 0.25) is 5.02 Å². The molecule has 1 aliphatic rings. The Morgan fingerprint density at radius 2 is 2.32 bits per heavy atom. The first-order chi connectivity index (χ1) is 10.8. The molecule has 6 nitrogen and oxygen atoms in total. The molecule has 0 fully saturated rings. The van der Waals surface area contributed by atoms with Crippen molar-refractivity contribution in [1.29, 1.82) is 0 Å². The Morgan fingerprint density at radius 1 is 1.36 bits per heavy atom. The summed E-state index contributed by atoms with van der Waals surface area (Å²) in [4.78, 5) is 11.1. The van der Waals surface area contributed by atoms with Crippen molar-refractivity contribution in [2.45, 2.75) is 6.61 Å². The summed E-state index contributed by atoms with van der Waals surface area (Å²) >= 11 is 7.58. The van der Waals surface area contributed by atoms with Gasteiger partial charge in [-0.25, -0.2) is 9.82 Å². The van der Waals surface area contributed by atoms with E-state index in [-0.39, 0.29) is 6.61 Å². The van der Waals surface area contributed by atoms with Crippen molar-refractivity contribution in [2.75, 3.05) is 10.6 Å². The highest BCUT2D eigenvalue weighted by Crippen LogP contribution is 2.32. The molecule has 22 heavy (non-hydrogen) atoms. The van der Waals surface area contributed by atoms with Crippen LogP contribution in [0.4, 0.5) is 11.4 Å². The van der Waals surface area contributed by atoms with Crippen LogP contribution in [0.5, 0.6) is 0 Å². The lowest BCUT2D eigenvalue weighted by atomic mass is 10.3. The van der Waals surface area contributed by atoms with Gasteiger partial charge in [0.1, 0.15) is 24.3 Å². The molecule has 0 aliphatic carbocycles. The lowest BCUT2D eigenvalue weighted by molar-refractivity contribution is 0.0767. The molecule has 0 amide bonds. The minimum Gasteiger partial charge on any atom is -0.443 e. The summed E-state index contributed by atoms with van der Waals surface area (Å²) in [5.74, 6) is 0.601. The van der Waals surface area contributed by atoms with Crippen molar-refractivity contribution < 1.29 is 9.25 Å².